The van der Waals surface area contributed by atoms with Gasteiger partial charge in [0, 0.05) is 49.3 Å². The van der Waals surface area contributed by atoms with Crippen LogP contribution < -0.4 is 9.62 Å². The number of hydrogen-bond acceptors (Lipinski definition) is 5. The molecule has 1 saturated carbocycles. The molecule has 8 heteroatoms. The summed E-state index contributed by atoms with van der Waals surface area (Å²) >= 11 is 0. The molecule has 1 aliphatic heterocycles. The third kappa shape index (κ3) is 6.70. The van der Waals surface area contributed by atoms with Crippen LogP contribution in [0.15, 0.2) is 76.6 Å². The van der Waals surface area contributed by atoms with Gasteiger partial charge >= 0.3 is 0 Å². The molecule has 1 saturated heterocycles. The molecule has 222 valence electrons. The molecule has 1 heterocycles. The lowest BCUT2D eigenvalue weighted by molar-refractivity contribution is 0.0747. The van der Waals surface area contributed by atoms with Crippen LogP contribution in [0.5, 0.6) is 0 Å². The predicted molar refractivity (Wildman–Crippen MR) is 172 cm³/mol. The zero-order chi connectivity index (χ0) is 29.5. The van der Waals surface area contributed by atoms with Crippen LogP contribution in [0.25, 0.3) is 0 Å². The summed E-state index contributed by atoms with van der Waals surface area (Å²) in [6.45, 7) is 6.82. The molecule has 3 aromatic rings. The van der Waals surface area contributed by atoms with Crippen molar-refractivity contribution in [2.45, 2.75) is 69.6 Å². The number of amides is 1. The third-order valence-electron chi connectivity index (χ3n) is 8.54. The summed E-state index contributed by atoms with van der Waals surface area (Å²) in [6, 6.07) is 20.7. The van der Waals surface area contributed by atoms with Crippen LogP contribution in [0.1, 0.15) is 79.8 Å². The van der Waals surface area contributed by atoms with Gasteiger partial charge < -0.3 is 9.80 Å². The lowest BCUT2D eigenvalue weighted by atomic mass is 9.90. The molecule has 0 spiro atoms. The number of para-hydroxylation sites is 2. The second-order valence-electron chi connectivity index (χ2n) is 11.2. The van der Waals surface area contributed by atoms with Gasteiger partial charge in [-0.3, -0.25) is 14.5 Å². The maximum atomic E-state index is 13.6. The Kier molecular flexibility index (Phi) is 9.62. The van der Waals surface area contributed by atoms with Crippen molar-refractivity contribution in [1.82, 2.24) is 4.90 Å². The second-order valence-corrected chi connectivity index (χ2v) is 12.9. The minimum Gasteiger partial charge on any atom is -0.368 e. The van der Waals surface area contributed by atoms with Crippen molar-refractivity contribution in [3.05, 3.63) is 83.4 Å². The number of piperazine rings is 1. The summed E-state index contributed by atoms with van der Waals surface area (Å²) in [6.07, 6.45) is 9.52. The first-order chi connectivity index (χ1) is 20.4. The maximum absolute atomic E-state index is 13.6. The Hall–Kier alpha value is -3.65. The fraction of sp³-hybridized carbons (Fsp3) is 0.412. The van der Waals surface area contributed by atoms with Gasteiger partial charge in [0.2, 0.25) is 0 Å². The Morgan fingerprint density at radius 2 is 1.60 bits per heavy atom. The monoisotopic (exact) mass is 586 g/mol. The van der Waals surface area contributed by atoms with Crippen LogP contribution in [0.2, 0.25) is 0 Å². The first kappa shape index (κ1) is 29.8. The van der Waals surface area contributed by atoms with Gasteiger partial charge in [-0.1, -0.05) is 62.9 Å². The SMILES string of the molecule is C/C=N\c1c(C2CCCCCC2)cccc1S(=O)(=O)Nc1ccc(C(=O)N2CCN(c3ccccc3CC)CC2)cc1. The van der Waals surface area contributed by atoms with E-state index in [0.717, 1.165) is 50.8 Å². The number of hydrogen-bond donors (Lipinski definition) is 1. The van der Waals surface area contributed by atoms with Gasteiger partial charge in [0.15, 0.2) is 0 Å². The standard InChI is InChI=1S/C34H42N4O3S/c1-3-26-12-9-10-16-31(26)37-22-24-38(25-23-37)34(39)28-18-20-29(21-19-28)36-42(40,41)32-17-11-15-30(33(32)35-4-2)27-13-7-5-6-8-14-27/h4,9-12,15-21,27,36H,3,5-8,13-14,22-25H2,1-2H3/b35-4-. The lowest BCUT2D eigenvalue weighted by Crippen LogP contribution is -2.49. The number of benzene rings is 3. The third-order valence-corrected chi connectivity index (χ3v) is 9.95. The van der Waals surface area contributed by atoms with Crippen LogP contribution in [-0.4, -0.2) is 51.6 Å². The molecule has 1 aliphatic carbocycles. The summed E-state index contributed by atoms with van der Waals surface area (Å²) in [4.78, 5) is 22.2. The highest BCUT2D eigenvalue weighted by atomic mass is 32.2. The molecule has 42 heavy (non-hydrogen) atoms. The van der Waals surface area contributed by atoms with Gasteiger partial charge in [0.25, 0.3) is 15.9 Å². The number of nitrogens with one attached hydrogen (secondary N) is 1. The van der Waals surface area contributed by atoms with Crippen LogP contribution in [0.3, 0.4) is 0 Å². The highest BCUT2D eigenvalue weighted by Gasteiger charge is 2.26. The normalized spacial score (nSPS) is 16.9. The number of nitrogens with zero attached hydrogens (tertiary/aromatic N) is 3. The Bertz CT molecular complexity index is 1500. The predicted octanol–water partition coefficient (Wildman–Crippen LogP) is 7.17. The van der Waals surface area contributed by atoms with Gasteiger partial charge in [-0.25, -0.2) is 8.42 Å². The van der Waals surface area contributed by atoms with Crippen molar-refractivity contribution in [3.8, 4) is 0 Å². The van der Waals surface area contributed by atoms with Crippen LogP contribution in [0.4, 0.5) is 17.1 Å². The Labute approximate surface area is 250 Å². The number of anilines is 2. The number of rotatable bonds is 8. The lowest BCUT2D eigenvalue weighted by Gasteiger charge is -2.37. The summed E-state index contributed by atoms with van der Waals surface area (Å²) < 4.78 is 29.9. The molecule has 0 atom stereocenters. The molecule has 0 unspecified atom stereocenters. The van der Waals surface area contributed by atoms with E-state index in [-0.39, 0.29) is 10.8 Å². The van der Waals surface area contributed by atoms with E-state index in [9.17, 15) is 13.2 Å². The van der Waals surface area contributed by atoms with Crippen molar-refractivity contribution in [3.63, 3.8) is 0 Å². The van der Waals surface area contributed by atoms with E-state index in [1.807, 2.05) is 24.0 Å². The van der Waals surface area contributed by atoms with E-state index in [4.69, 9.17) is 0 Å². The van der Waals surface area contributed by atoms with E-state index in [2.05, 4.69) is 45.8 Å². The molecule has 5 rings (SSSR count). The van der Waals surface area contributed by atoms with Crippen molar-refractivity contribution < 1.29 is 13.2 Å². The number of carbonyl (C=O) groups excluding carboxylic acids is 1. The molecule has 1 amide bonds. The molecule has 0 bridgehead atoms. The molecule has 2 aliphatic rings. The quantitative estimate of drug-likeness (QED) is 0.224. The number of sulfonamides is 1. The van der Waals surface area contributed by atoms with Crippen molar-refractivity contribution >= 4 is 39.2 Å². The van der Waals surface area contributed by atoms with Crippen molar-refractivity contribution in [2.75, 3.05) is 35.8 Å². The number of carbonyl (C=O) groups is 1. The van der Waals surface area contributed by atoms with Crippen molar-refractivity contribution in [1.29, 1.82) is 0 Å². The average molecular weight is 587 g/mol. The Morgan fingerprint density at radius 3 is 2.26 bits per heavy atom. The second kappa shape index (κ2) is 13.6. The van der Waals surface area contributed by atoms with E-state index in [0.29, 0.717) is 35.9 Å². The average Bonchev–Trinajstić information content (AvgIpc) is 3.31. The van der Waals surface area contributed by atoms with E-state index in [1.165, 1.54) is 24.1 Å². The van der Waals surface area contributed by atoms with Crippen LogP contribution in [-0.2, 0) is 16.4 Å². The van der Waals surface area contributed by atoms with Gasteiger partial charge in [0.05, 0.1) is 5.69 Å². The van der Waals surface area contributed by atoms with E-state index < -0.39 is 10.0 Å². The number of aliphatic imine (C=N–C) groups is 1. The highest BCUT2D eigenvalue weighted by molar-refractivity contribution is 7.92. The minimum atomic E-state index is -3.89. The van der Waals surface area contributed by atoms with Gasteiger partial charge in [-0.2, -0.15) is 0 Å². The minimum absolute atomic E-state index is 0.0384. The van der Waals surface area contributed by atoms with Crippen LogP contribution >= 0.6 is 0 Å². The molecule has 0 aromatic heterocycles. The molecule has 1 N–H and O–H groups in total. The van der Waals surface area contributed by atoms with E-state index >= 15 is 0 Å². The molecular weight excluding hydrogens is 544 g/mol. The fourth-order valence-corrected chi connectivity index (χ4v) is 7.52. The zero-order valence-electron chi connectivity index (χ0n) is 24.8. The Balaban J connectivity index is 1.27. The van der Waals surface area contributed by atoms with Gasteiger partial charge in [-0.15, -0.1) is 0 Å². The Morgan fingerprint density at radius 1 is 0.905 bits per heavy atom. The maximum Gasteiger partial charge on any atom is 0.264 e. The summed E-state index contributed by atoms with van der Waals surface area (Å²) in [5, 5.41) is 0. The van der Waals surface area contributed by atoms with Crippen molar-refractivity contribution in [2.24, 2.45) is 4.99 Å². The summed E-state index contributed by atoms with van der Waals surface area (Å²) in [5.41, 5.74) is 5.08. The molecule has 3 aromatic carbocycles. The number of aryl methyl sites for hydroxylation is 1. The van der Waals surface area contributed by atoms with Gasteiger partial charge in [-0.05, 0) is 79.6 Å². The smallest absolute Gasteiger partial charge is 0.264 e. The summed E-state index contributed by atoms with van der Waals surface area (Å²) in [7, 11) is -3.89. The molecule has 7 nitrogen and oxygen atoms in total. The highest BCUT2D eigenvalue weighted by Crippen LogP contribution is 2.40. The van der Waals surface area contributed by atoms with Crippen LogP contribution in [0, 0.1) is 0 Å². The first-order valence-corrected chi connectivity index (χ1v) is 16.8. The topological polar surface area (TPSA) is 82.1 Å². The van der Waals surface area contributed by atoms with Gasteiger partial charge in [0.1, 0.15) is 4.90 Å². The fourth-order valence-electron chi connectivity index (χ4n) is 6.29. The first-order valence-electron chi connectivity index (χ1n) is 15.3. The summed E-state index contributed by atoms with van der Waals surface area (Å²) in [5.74, 6) is 0.276. The molecular formula is C34H42N4O3S. The largest absolute Gasteiger partial charge is 0.368 e. The van der Waals surface area contributed by atoms with E-state index in [1.54, 1.807) is 36.5 Å². The molecule has 2 fully saturated rings. The molecule has 0 radical (unpaired) electrons. The zero-order valence-corrected chi connectivity index (χ0v) is 25.6.